The van der Waals surface area contributed by atoms with E-state index in [-0.39, 0.29) is 23.4 Å². The Morgan fingerprint density at radius 3 is 2.52 bits per heavy atom. The molecule has 8 atom stereocenters. The van der Waals surface area contributed by atoms with Gasteiger partial charge in [-0.1, -0.05) is 6.92 Å². The zero-order valence-corrected chi connectivity index (χ0v) is 19.7. The Hall–Kier alpha value is -0.490. The normalized spacial score (nSPS) is 50.4. The molecule has 0 aromatic rings. The predicted molar refractivity (Wildman–Crippen MR) is 120 cm³/mol. The summed E-state index contributed by atoms with van der Waals surface area (Å²) in [6.45, 7) is 8.55. The molecule has 1 aliphatic heterocycles. The van der Waals surface area contributed by atoms with Crippen LogP contribution in [-0.4, -0.2) is 66.0 Å². The van der Waals surface area contributed by atoms with Gasteiger partial charge in [-0.25, -0.2) is 0 Å². The maximum absolute atomic E-state index is 13.4. The van der Waals surface area contributed by atoms with Gasteiger partial charge in [-0.3, -0.25) is 9.69 Å². The Kier molecular flexibility index (Phi) is 5.81. The molecule has 31 heavy (non-hydrogen) atoms. The van der Waals surface area contributed by atoms with Gasteiger partial charge in [-0.2, -0.15) is 0 Å². The molecule has 2 N–H and O–H groups in total. The number of aliphatic hydroxyl groups excluding tert-OH is 1. The molecule has 0 aromatic carbocycles. The van der Waals surface area contributed by atoms with Crippen molar-refractivity contribution in [2.75, 3.05) is 39.5 Å². The second-order valence-corrected chi connectivity index (χ2v) is 12.3. The van der Waals surface area contributed by atoms with Crippen LogP contribution in [0.5, 0.6) is 0 Å². The molecule has 5 nitrogen and oxygen atoms in total. The second kappa shape index (κ2) is 8.07. The molecule has 0 unspecified atom stereocenters. The molecule has 4 aliphatic carbocycles. The predicted octanol–water partition coefficient (Wildman–Crippen LogP) is 3.27. The van der Waals surface area contributed by atoms with Crippen molar-refractivity contribution < 1.29 is 19.7 Å². The smallest absolute Gasteiger partial charge is 0.150 e. The van der Waals surface area contributed by atoms with Crippen LogP contribution in [0.25, 0.3) is 0 Å². The van der Waals surface area contributed by atoms with E-state index in [4.69, 9.17) is 4.74 Å². The summed E-state index contributed by atoms with van der Waals surface area (Å²) in [5.74, 6) is 2.95. The van der Waals surface area contributed by atoms with Crippen molar-refractivity contribution in [3.05, 3.63) is 0 Å². The summed E-state index contributed by atoms with van der Waals surface area (Å²) < 4.78 is 5.46. The van der Waals surface area contributed by atoms with Crippen LogP contribution < -0.4 is 0 Å². The first-order chi connectivity index (χ1) is 14.8. The molecule has 5 aliphatic rings. The molecule has 1 saturated heterocycles. The highest BCUT2D eigenvalue weighted by atomic mass is 16.5. The highest BCUT2D eigenvalue weighted by molar-refractivity contribution is 5.84. The van der Waals surface area contributed by atoms with Crippen LogP contribution in [0.3, 0.4) is 0 Å². The molecule has 0 aromatic heterocycles. The van der Waals surface area contributed by atoms with Gasteiger partial charge in [0.15, 0.2) is 0 Å². The molecule has 0 bridgehead atoms. The lowest BCUT2D eigenvalue weighted by Gasteiger charge is -2.62. The maximum atomic E-state index is 13.4. The van der Waals surface area contributed by atoms with Gasteiger partial charge in [0.25, 0.3) is 0 Å². The Morgan fingerprint density at radius 2 is 1.77 bits per heavy atom. The molecular formula is C26H43NO4. The van der Waals surface area contributed by atoms with Gasteiger partial charge in [0.1, 0.15) is 5.78 Å². The van der Waals surface area contributed by atoms with E-state index in [1.54, 1.807) is 0 Å². The Labute approximate surface area is 187 Å². The van der Waals surface area contributed by atoms with E-state index in [0.717, 1.165) is 71.2 Å². The number of nitrogens with zero attached hydrogens (tertiary/aromatic N) is 1. The van der Waals surface area contributed by atoms with Crippen molar-refractivity contribution in [3.63, 3.8) is 0 Å². The number of rotatable bonds is 4. The van der Waals surface area contributed by atoms with Crippen LogP contribution >= 0.6 is 0 Å². The monoisotopic (exact) mass is 433 g/mol. The lowest BCUT2D eigenvalue weighted by Crippen LogP contribution is -2.58. The molecule has 0 radical (unpaired) electrons. The lowest BCUT2D eigenvalue weighted by atomic mass is 9.43. The zero-order chi connectivity index (χ0) is 21.9. The van der Waals surface area contributed by atoms with E-state index in [1.165, 1.54) is 12.8 Å². The molecule has 0 amide bonds. The summed E-state index contributed by atoms with van der Waals surface area (Å²) in [7, 11) is 0. The first-order valence-electron chi connectivity index (χ1n) is 13.0. The second-order valence-electron chi connectivity index (χ2n) is 12.3. The topological polar surface area (TPSA) is 70.0 Å². The van der Waals surface area contributed by atoms with E-state index < -0.39 is 5.60 Å². The Bertz CT molecular complexity index is 689. The van der Waals surface area contributed by atoms with E-state index in [1.807, 2.05) is 6.92 Å². The minimum atomic E-state index is -0.566. The van der Waals surface area contributed by atoms with Gasteiger partial charge in [-0.05, 0) is 99.2 Å². The van der Waals surface area contributed by atoms with Crippen LogP contribution in [0.1, 0.15) is 71.6 Å². The largest absolute Gasteiger partial charge is 0.396 e. The van der Waals surface area contributed by atoms with Crippen molar-refractivity contribution in [3.8, 4) is 0 Å². The number of hydrogen-bond acceptors (Lipinski definition) is 5. The van der Waals surface area contributed by atoms with Gasteiger partial charge in [0.05, 0.1) is 25.4 Å². The SMILES string of the molecule is C[C@@]1(O)CC[C@@]2(CO)[C@@H](CC[C@H]3[C@@H]4CC[C@H](C(=O)CN5CCOCC5)[C@@]4(C)CC[C@@H]32)C1. The molecule has 4 saturated carbocycles. The van der Waals surface area contributed by atoms with Gasteiger partial charge in [0, 0.05) is 25.6 Å². The first-order valence-corrected chi connectivity index (χ1v) is 13.0. The van der Waals surface area contributed by atoms with Crippen LogP contribution in [0.2, 0.25) is 0 Å². The molecule has 176 valence electrons. The fourth-order valence-electron chi connectivity index (χ4n) is 9.16. The summed E-state index contributed by atoms with van der Waals surface area (Å²) in [6, 6.07) is 0. The Morgan fingerprint density at radius 1 is 1.00 bits per heavy atom. The number of ketones is 1. The van der Waals surface area contributed by atoms with Crippen LogP contribution in [0, 0.1) is 40.4 Å². The van der Waals surface area contributed by atoms with Crippen LogP contribution in [0.15, 0.2) is 0 Å². The summed E-state index contributed by atoms with van der Waals surface area (Å²) in [5.41, 5.74) is -0.430. The third kappa shape index (κ3) is 3.62. The highest BCUT2D eigenvalue weighted by Gasteiger charge is 2.62. The average Bonchev–Trinajstić information content (AvgIpc) is 3.11. The van der Waals surface area contributed by atoms with E-state index >= 15 is 0 Å². The van der Waals surface area contributed by atoms with Gasteiger partial charge in [0.2, 0.25) is 0 Å². The lowest BCUT2D eigenvalue weighted by molar-refractivity contribution is -0.171. The molecule has 5 fully saturated rings. The van der Waals surface area contributed by atoms with Gasteiger partial charge in [-0.15, -0.1) is 0 Å². The Balaban J connectivity index is 1.33. The van der Waals surface area contributed by atoms with Gasteiger partial charge >= 0.3 is 0 Å². The number of morpholine rings is 1. The summed E-state index contributed by atoms with van der Waals surface area (Å²) in [5, 5.41) is 21.4. The molecular weight excluding hydrogens is 390 g/mol. The van der Waals surface area contributed by atoms with Crippen molar-refractivity contribution in [1.29, 1.82) is 0 Å². The summed E-state index contributed by atoms with van der Waals surface area (Å²) in [4.78, 5) is 15.7. The minimum Gasteiger partial charge on any atom is -0.396 e. The molecule has 0 spiro atoms. The third-order valence-electron chi connectivity index (χ3n) is 10.8. The quantitative estimate of drug-likeness (QED) is 0.712. The highest BCUT2D eigenvalue weighted by Crippen LogP contribution is 2.68. The van der Waals surface area contributed by atoms with Crippen molar-refractivity contribution >= 4 is 5.78 Å². The fraction of sp³-hybridized carbons (Fsp3) is 0.962. The molecule has 5 rings (SSSR count). The third-order valence-corrected chi connectivity index (χ3v) is 10.8. The molecule has 1 heterocycles. The number of carbonyl (C=O) groups is 1. The first kappa shape index (κ1) is 22.3. The van der Waals surface area contributed by atoms with Gasteiger partial charge < -0.3 is 14.9 Å². The molecule has 5 heteroatoms. The van der Waals surface area contributed by atoms with Crippen molar-refractivity contribution in [1.82, 2.24) is 4.90 Å². The number of hydrogen-bond donors (Lipinski definition) is 2. The number of Topliss-reactive ketones (excluding diaryl/α,β-unsaturated/α-hetero) is 1. The number of ether oxygens (including phenoxy) is 1. The van der Waals surface area contributed by atoms with E-state index in [9.17, 15) is 15.0 Å². The van der Waals surface area contributed by atoms with E-state index in [2.05, 4.69) is 11.8 Å². The van der Waals surface area contributed by atoms with Crippen molar-refractivity contribution in [2.24, 2.45) is 40.4 Å². The number of aliphatic hydroxyl groups is 2. The van der Waals surface area contributed by atoms with E-state index in [0.29, 0.717) is 36.0 Å². The minimum absolute atomic E-state index is 0.00236. The zero-order valence-electron chi connectivity index (χ0n) is 19.7. The fourth-order valence-corrected chi connectivity index (χ4v) is 9.16. The number of fused-ring (bicyclic) bond motifs is 5. The van der Waals surface area contributed by atoms with Crippen LogP contribution in [0.4, 0.5) is 0 Å². The van der Waals surface area contributed by atoms with Crippen molar-refractivity contribution in [2.45, 2.75) is 77.2 Å². The average molecular weight is 434 g/mol. The van der Waals surface area contributed by atoms with Crippen LogP contribution in [-0.2, 0) is 9.53 Å². The summed E-state index contributed by atoms with van der Waals surface area (Å²) >= 11 is 0. The summed E-state index contributed by atoms with van der Waals surface area (Å²) in [6.07, 6.45) is 9.50. The maximum Gasteiger partial charge on any atom is 0.150 e. The number of carbonyl (C=O) groups excluding carboxylic acids is 1. The standard InChI is InChI=1S/C26H43NO4/c1-24(30)9-10-26(17-28)18(15-24)3-4-19-20-5-6-22(25(20,2)8-7-21(19)26)23(29)16-27-11-13-31-14-12-27/h18-22,28,30H,3-17H2,1-2H3/t18-,19-,20-,21-,22+,24+,25-,26+/m0/s1.